The SMILES string of the molecule is Cc1nc2cc(F)ccc2n1-c1ccnc(-c2ccc(Cl)cc2)n1. The number of nitrogens with zero attached hydrogens (tertiary/aromatic N) is 4. The molecule has 0 fully saturated rings. The molecule has 4 rings (SSSR count). The van der Waals surface area contributed by atoms with Crippen molar-refractivity contribution in [1.82, 2.24) is 19.5 Å². The zero-order valence-electron chi connectivity index (χ0n) is 12.7. The Hall–Kier alpha value is -2.79. The smallest absolute Gasteiger partial charge is 0.161 e. The normalized spacial score (nSPS) is 11.1. The molecular weight excluding hydrogens is 327 g/mol. The molecule has 0 N–H and O–H groups in total. The van der Waals surface area contributed by atoms with E-state index in [1.54, 1.807) is 30.5 Å². The number of aryl methyl sites for hydroxylation is 1. The second-order valence-corrected chi connectivity index (χ2v) is 5.81. The third kappa shape index (κ3) is 2.53. The fraction of sp³-hybridized carbons (Fsp3) is 0.0556. The van der Waals surface area contributed by atoms with Crippen molar-refractivity contribution < 1.29 is 4.39 Å². The summed E-state index contributed by atoms with van der Waals surface area (Å²) in [7, 11) is 0. The van der Waals surface area contributed by atoms with Crippen molar-refractivity contribution >= 4 is 22.6 Å². The number of hydrogen-bond donors (Lipinski definition) is 0. The van der Waals surface area contributed by atoms with Gasteiger partial charge in [0.05, 0.1) is 11.0 Å². The predicted molar refractivity (Wildman–Crippen MR) is 91.8 cm³/mol. The van der Waals surface area contributed by atoms with Crippen molar-refractivity contribution in [2.24, 2.45) is 0 Å². The molecule has 0 aliphatic heterocycles. The Kier molecular flexibility index (Phi) is 3.50. The van der Waals surface area contributed by atoms with Crippen LogP contribution in [0.4, 0.5) is 4.39 Å². The molecule has 0 unspecified atom stereocenters. The maximum absolute atomic E-state index is 13.4. The molecule has 24 heavy (non-hydrogen) atoms. The highest BCUT2D eigenvalue weighted by molar-refractivity contribution is 6.30. The monoisotopic (exact) mass is 338 g/mol. The molecule has 0 saturated heterocycles. The van der Waals surface area contributed by atoms with Crippen LogP contribution in [0.15, 0.2) is 54.7 Å². The number of fused-ring (bicyclic) bond motifs is 1. The van der Waals surface area contributed by atoms with Gasteiger partial charge in [-0.15, -0.1) is 0 Å². The van der Waals surface area contributed by atoms with Gasteiger partial charge in [-0.25, -0.2) is 19.3 Å². The first-order valence-electron chi connectivity index (χ1n) is 7.36. The van der Waals surface area contributed by atoms with Gasteiger partial charge in [0.2, 0.25) is 0 Å². The van der Waals surface area contributed by atoms with E-state index in [4.69, 9.17) is 11.6 Å². The minimum Gasteiger partial charge on any atom is -0.280 e. The number of halogens is 2. The topological polar surface area (TPSA) is 43.6 Å². The molecule has 6 heteroatoms. The number of rotatable bonds is 2. The van der Waals surface area contributed by atoms with E-state index in [1.807, 2.05) is 23.6 Å². The quantitative estimate of drug-likeness (QED) is 0.537. The molecule has 0 saturated carbocycles. The fourth-order valence-electron chi connectivity index (χ4n) is 2.67. The third-order valence-electron chi connectivity index (χ3n) is 3.76. The average molecular weight is 339 g/mol. The lowest BCUT2D eigenvalue weighted by atomic mass is 10.2. The van der Waals surface area contributed by atoms with Crippen LogP contribution in [0, 0.1) is 12.7 Å². The number of benzene rings is 2. The van der Waals surface area contributed by atoms with Gasteiger partial charge < -0.3 is 0 Å². The minimum absolute atomic E-state index is 0.309. The Bertz CT molecular complexity index is 1040. The van der Waals surface area contributed by atoms with Crippen LogP contribution in [-0.4, -0.2) is 19.5 Å². The van der Waals surface area contributed by atoms with Crippen LogP contribution in [0.25, 0.3) is 28.2 Å². The van der Waals surface area contributed by atoms with Crippen LogP contribution >= 0.6 is 11.6 Å². The van der Waals surface area contributed by atoms with Gasteiger partial charge in [-0.2, -0.15) is 0 Å². The van der Waals surface area contributed by atoms with Crippen LogP contribution in [0.3, 0.4) is 0 Å². The lowest BCUT2D eigenvalue weighted by molar-refractivity contribution is 0.629. The lowest BCUT2D eigenvalue weighted by Crippen LogP contribution is -2.02. The summed E-state index contributed by atoms with van der Waals surface area (Å²) in [6.45, 7) is 1.86. The van der Waals surface area contributed by atoms with Crippen molar-refractivity contribution in [2.45, 2.75) is 6.92 Å². The Labute approximate surface area is 142 Å². The molecule has 2 aromatic heterocycles. The Morgan fingerprint density at radius 3 is 2.58 bits per heavy atom. The maximum Gasteiger partial charge on any atom is 0.161 e. The number of imidazole rings is 1. The highest BCUT2D eigenvalue weighted by atomic mass is 35.5. The molecule has 0 aliphatic carbocycles. The maximum atomic E-state index is 13.4. The summed E-state index contributed by atoms with van der Waals surface area (Å²) < 4.78 is 15.3. The predicted octanol–water partition coefficient (Wildman–Crippen LogP) is 4.58. The zero-order valence-corrected chi connectivity index (χ0v) is 13.5. The Balaban J connectivity index is 1.87. The van der Waals surface area contributed by atoms with E-state index >= 15 is 0 Å². The summed E-state index contributed by atoms with van der Waals surface area (Å²) >= 11 is 5.93. The first kappa shape index (κ1) is 14.8. The molecule has 0 atom stereocenters. The molecule has 0 spiro atoms. The van der Waals surface area contributed by atoms with Gasteiger partial charge in [-0.05, 0) is 49.4 Å². The first-order chi connectivity index (χ1) is 11.6. The first-order valence-corrected chi connectivity index (χ1v) is 7.73. The van der Waals surface area contributed by atoms with Gasteiger partial charge in [0, 0.05) is 22.8 Å². The molecule has 118 valence electrons. The second-order valence-electron chi connectivity index (χ2n) is 5.37. The van der Waals surface area contributed by atoms with Crippen LogP contribution in [0.5, 0.6) is 0 Å². The number of hydrogen-bond acceptors (Lipinski definition) is 3. The van der Waals surface area contributed by atoms with Crippen LogP contribution < -0.4 is 0 Å². The summed E-state index contributed by atoms with van der Waals surface area (Å²) in [6.07, 6.45) is 1.70. The summed E-state index contributed by atoms with van der Waals surface area (Å²) in [5.74, 6) is 1.70. The van der Waals surface area contributed by atoms with Crippen molar-refractivity contribution in [3.8, 4) is 17.2 Å². The largest absolute Gasteiger partial charge is 0.280 e. The highest BCUT2D eigenvalue weighted by Crippen LogP contribution is 2.23. The van der Waals surface area contributed by atoms with E-state index < -0.39 is 0 Å². The summed E-state index contributed by atoms with van der Waals surface area (Å²) in [5, 5.41) is 0.661. The molecular formula is C18H12ClFN4. The van der Waals surface area contributed by atoms with Crippen molar-refractivity contribution in [3.63, 3.8) is 0 Å². The van der Waals surface area contributed by atoms with Gasteiger partial charge in [-0.1, -0.05) is 11.6 Å². The Morgan fingerprint density at radius 2 is 1.79 bits per heavy atom. The van der Waals surface area contributed by atoms with Crippen molar-refractivity contribution in [3.05, 3.63) is 71.4 Å². The van der Waals surface area contributed by atoms with E-state index in [9.17, 15) is 4.39 Å². The molecule has 0 amide bonds. The van der Waals surface area contributed by atoms with Gasteiger partial charge in [0.25, 0.3) is 0 Å². The van der Waals surface area contributed by atoms with Gasteiger partial charge in [-0.3, -0.25) is 4.57 Å². The van der Waals surface area contributed by atoms with E-state index in [1.165, 1.54) is 12.1 Å². The molecule has 4 aromatic rings. The van der Waals surface area contributed by atoms with E-state index in [-0.39, 0.29) is 5.82 Å². The highest BCUT2D eigenvalue weighted by Gasteiger charge is 2.12. The standard InChI is InChI=1S/C18H12ClFN4/c1-11-22-15-10-14(20)6-7-16(15)24(11)17-8-9-21-18(23-17)12-2-4-13(19)5-3-12/h2-10H,1H3. The van der Waals surface area contributed by atoms with Crippen LogP contribution in [0.1, 0.15) is 5.82 Å². The van der Waals surface area contributed by atoms with Crippen molar-refractivity contribution in [2.75, 3.05) is 0 Å². The second kappa shape index (κ2) is 5.69. The summed E-state index contributed by atoms with van der Waals surface area (Å²) in [6, 6.07) is 13.7. The zero-order chi connectivity index (χ0) is 16.7. The lowest BCUT2D eigenvalue weighted by Gasteiger charge is -2.08. The molecule has 0 aliphatic rings. The van der Waals surface area contributed by atoms with E-state index in [2.05, 4.69) is 15.0 Å². The minimum atomic E-state index is -0.309. The molecule has 0 radical (unpaired) electrons. The van der Waals surface area contributed by atoms with Gasteiger partial charge in [0.15, 0.2) is 5.82 Å². The summed E-state index contributed by atoms with van der Waals surface area (Å²) in [5.41, 5.74) is 2.27. The van der Waals surface area contributed by atoms with Crippen LogP contribution in [0.2, 0.25) is 5.02 Å². The molecule has 2 aromatic carbocycles. The molecule has 4 nitrogen and oxygen atoms in total. The van der Waals surface area contributed by atoms with Crippen LogP contribution in [-0.2, 0) is 0 Å². The van der Waals surface area contributed by atoms with Gasteiger partial charge >= 0.3 is 0 Å². The number of aromatic nitrogens is 4. The average Bonchev–Trinajstić information content (AvgIpc) is 2.90. The van der Waals surface area contributed by atoms with E-state index in [0.29, 0.717) is 22.2 Å². The molecule has 0 bridgehead atoms. The Morgan fingerprint density at radius 1 is 1.00 bits per heavy atom. The molecule has 2 heterocycles. The fourth-order valence-corrected chi connectivity index (χ4v) is 2.80. The van der Waals surface area contributed by atoms with E-state index in [0.717, 1.165) is 16.9 Å². The third-order valence-corrected chi connectivity index (χ3v) is 4.01. The summed E-state index contributed by atoms with van der Waals surface area (Å²) in [4.78, 5) is 13.4. The van der Waals surface area contributed by atoms with Gasteiger partial charge in [0.1, 0.15) is 17.5 Å². The van der Waals surface area contributed by atoms with Crippen molar-refractivity contribution in [1.29, 1.82) is 0 Å².